The predicted molar refractivity (Wildman–Crippen MR) is 110 cm³/mol. The van der Waals surface area contributed by atoms with E-state index in [0.29, 0.717) is 29.3 Å². The molecule has 0 fully saturated rings. The number of nitrogens with one attached hydrogen (secondary N) is 1. The summed E-state index contributed by atoms with van der Waals surface area (Å²) < 4.78 is 0. The number of aryl methyl sites for hydroxylation is 1. The third-order valence-electron chi connectivity index (χ3n) is 4.32. The number of carbonyl (C=O) groups excluding carboxylic acids is 2. The molecule has 1 aromatic heterocycles. The van der Waals surface area contributed by atoms with Gasteiger partial charge in [0, 0.05) is 35.9 Å². The highest BCUT2D eigenvalue weighted by atomic mass is 16.1. The molecule has 6 heteroatoms. The zero-order valence-corrected chi connectivity index (χ0v) is 16.1. The van der Waals surface area contributed by atoms with Crippen LogP contribution < -0.4 is 10.2 Å². The van der Waals surface area contributed by atoms with Gasteiger partial charge in [0.1, 0.15) is 0 Å². The van der Waals surface area contributed by atoms with Crippen LogP contribution in [0.15, 0.2) is 60.9 Å². The first-order valence-corrected chi connectivity index (χ1v) is 9.06. The number of ketones is 1. The fourth-order valence-corrected chi connectivity index (χ4v) is 2.80. The van der Waals surface area contributed by atoms with Gasteiger partial charge in [0.2, 0.25) is 5.95 Å². The fraction of sp³-hybridized carbons (Fsp3) is 0.182. The summed E-state index contributed by atoms with van der Waals surface area (Å²) in [6.07, 6.45) is 3.03. The summed E-state index contributed by atoms with van der Waals surface area (Å²) in [6.45, 7) is 6.27. The van der Waals surface area contributed by atoms with Crippen molar-refractivity contribution in [1.82, 2.24) is 9.97 Å². The van der Waals surface area contributed by atoms with Gasteiger partial charge in [-0.05, 0) is 62.7 Å². The maximum absolute atomic E-state index is 12.4. The fourth-order valence-electron chi connectivity index (χ4n) is 2.80. The average molecular weight is 374 g/mol. The number of nitrogens with zero attached hydrogens (tertiary/aromatic N) is 3. The molecule has 0 aliphatic heterocycles. The van der Waals surface area contributed by atoms with Gasteiger partial charge < -0.3 is 10.2 Å². The van der Waals surface area contributed by atoms with Crippen molar-refractivity contribution in [3.05, 3.63) is 77.6 Å². The minimum atomic E-state index is -0.305. The molecule has 3 rings (SSSR count). The molecule has 0 saturated heterocycles. The highest BCUT2D eigenvalue weighted by Crippen LogP contribution is 2.22. The Morgan fingerprint density at radius 2 is 1.68 bits per heavy atom. The number of aromatic nitrogens is 2. The second-order valence-electron chi connectivity index (χ2n) is 6.44. The number of hydrogen-bond acceptors (Lipinski definition) is 5. The summed E-state index contributed by atoms with van der Waals surface area (Å²) in [4.78, 5) is 34.5. The van der Waals surface area contributed by atoms with E-state index in [0.717, 1.165) is 11.3 Å². The minimum Gasteiger partial charge on any atom is -0.322 e. The van der Waals surface area contributed by atoms with E-state index in [1.807, 2.05) is 36.9 Å². The molecule has 0 atom stereocenters. The number of Topliss-reactive ketones (excluding diaryl/α,β-unsaturated/α-hetero) is 1. The highest BCUT2D eigenvalue weighted by Gasteiger charge is 2.13. The van der Waals surface area contributed by atoms with Crippen molar-refractivity contribution < 1.29 is 9.59 Å². The van der Waals surface area contributed by atoms with E-state index in [4.69, 9.17) is 0 Å². The Balaban J connectivity index is 1.74. The lowest BCUT2D eigenvalue weighted by Gasteiger charge is -2.21. The van der Waals surface area contributed by atoms with Crippen molar-refractivity contribution >= 4 is 29.0 Å². The molecule has 0 aliphatic carbocycles. The zero-order valence-electron chi connectivity index (χ0n) is 16.1. The lowest BCUT2D eigenvalue weighted by atomic mass is 10.1. The molecule has 2 aromatic carbocycles. The number of amides is 1. The van der Waals surface area contributed by atoms with Crippen molar-refractivity contribution in [3.8, 4) is 0 Å². The Morgan fingerprint density at radius 1 is 1.00 bits per heavy atom. The molecule has 0 radical (unpaired) electrons. The van der Waals surface area contributed by atoms with Gasteiger partial charge in [0.25, 0.3) is 5.91 Å². The number of carbonyl (C=O) groups is 2. The first-order chi connectivity index (χ1) is 13.5. The molecule has 0 unspecified atom stereocenters. The van der Waals surface area contributed by atoms with Gasteiger partial charge in [-0.1, -0.05) is 12.1 Å². The molecular weight excluding hydrogens is 352 g/mol. The van der Waals surface area contributed by atoms with Gasteiger partial charge in [-0.25, -0.2) is 9.97 Å². The number of benzene rings is 2. The minimum absolute atomic E-state index is 0.0176. The van der Waals surface area contributed by atoms with Crippen molar-refractivity contribution in [3.63, 3.8) is 0 Å². The van der Waals surface area contributed by atoms with E-state index in [1.165, 1.54) is 19.3 Å². The maximum atomic E-state index is 12.4. The molecular formula is C22H22N4O2. The van der Waals surface area contributed by atoms with Gasteiger partial charge in [0.15, 0.2) is 5.78 Å². The summed E-state index contributed by atoms with van der Waals surface area (Å²) in [5.41, 5.74) is 3.73. The third-order valence-corrected chi connectivity index (χ3v) is 4.32. The van der Waals surface area contributed by atoms with Crippen LogP contribution in [0.25, 0.3) is 0 Å². The second kappa shape index (κ2) is 8.43. The third kappa shape index (κ3) is 4.40. The summed E-state index contributed by atoms with van der Waals surface area (Å²) in [5.74, 6) is 0.215. The SMILES string of the molecule is CCN(c1cccc(C)c1)c1ncc(C(=O)Nc2ccc(C(C)=O)cc2)cn1. The molecule has 1 N–H and O–H groups in total. The quantitative estimate of drug-likeness (QED) is 0.647. The first kappa shape index (κ1) is 19.2. The van der Waals surface area contributed by atoms with Crippen LogP contribution in [0.3, 0.4) is 0 Å². The van der Waals surface area contributed by atoms with Gasteiger partial charge in [-0.3, -0.25) is 9.59 Å². The van der Waals surface area contributed by atoms with Gasteiger partial charge in [-0.2, -0.15) is 0 Å². The molecule has 3 aromatic rings. The molecule has 6 nitrogen and oxygen atoms in total. The standard InChI is InChI=1S/C22H22N4O2/c1-4-26(20-7-5-6-15(2)12-20)22-23-13-18(14-24-22)21(28)25-19-10-8-17(9-11-19)16(3)27/h5-14H,4H2,1-3H3,(H,25,28). The van der Waals surface area contributed by atoms with E-state index >= 15 is 0 Å². The topological polar surface area (TPSA) is 75.2 Å². The number of hydrogen-bond donors (Lipinski definition) is 1. The monoisotopic (exact) mass is 374 g/mol. The number of anilines is 3. The molecule has 0 spiro atoms. The van der Waals surface area contributed by atoms with E-state index in [-0.39, 0.29) is 11.7 Å². The Bertz CT molecular complexity index is 982. The van der Waals surface area contributed by atoms with Crippen LogP contribution in [-0.4, -0.2) is 28.2 Å². The molecule has 142 valence electrons. The van der Waals surface area contributed by atoms with Crippen molar-refractivity contribution in [1.29, 1.82) is 0 Å². The Kier molecular flexibility index (Phi) is 5.79. The molecule has 0 bridgehead atoms. The smallest absolute Gasteiger partial charge is 0.258 e. The number of rotatable bonds is 6. The van der Waals surface area contributed by atoms with Gasteiger partial charge in [-0.15, -0.1) is 0 Å². The molecule has 0 saturated carbocycles. The van der Waals surface area contributed by atoms with Gasteiger partial charge >= 0.3 is 0 Å². The maximum Gasteiger partial charge on any atom is 0.258 e. The van der Waals surface area contributed by atoms with Crippen LogP contribution in [0.4, 0.5) is 17.3 Å². The average Bonchev–Trinajstić information content (AvgIpc) is 2.69. The van der Waals surface area contributed by atoms with Crippen LogP contribution in [0.2, 0.25) is 0 Å². The van der Waals surface area contributed by atoms with E-state index in [1.54, 1.807) is 24.3 Å². The van der Waals surface area contributed by atoms with Crippen molar-refractivity contribution in [2.45, 2.75) is 20.8 Å². The van der Waals surface area contributed by atoms with Crippen molar-refractivity contribution in [2.24, 2.45) is 0 Å². The van der Waals surface area contributed by atoms with Crippen LogP contribution in [0, 0.1) is 6.92 Å². The second-order valence-corrected chi connectivity index (χ2v) is 6.44. The highest BCUT2D eigenvalue weighted by molar-refractivity contribution is 6.04. The van der Waals surface area contributed by atoms with E-state index < -0.39 is 0 Å². The summed E-state index contributed by atoms with van der Waals surface area (Å²) >= 11 is 0. The lowest BCUT2D eigenvalue weighted by molar-refractivity contribution is 0.101. The zero-order chi connectivity index (χ0) is 20.1. The van der Waals surface area contributed by atoms with Crippen LogP contribution >= 0.6 is 0 Å². The van der Waals surface area contributed by atoms with E-state index in [2.05, 4.69) is 21.4 Å². The molecule has 28 heavy (non-hydrogen) atoms. The largest absolute Gasteiger partial charge is 0.322 e. The van der Waals surface area contributed by atoms with Crippen molar-refractivity contribution in [2.75, 3.05) is 16.8 Å². The summed E-state index contributed by atoms with van der Waals surface area (Å²) in [6, 6.07) is 14.8. The lowest BCUT2D eigenvalue weighted by Crippen LogP contribution is -2.20. The van der Waals surface area contributed by atoms with Crippen LogP contribution in [-0.2, 0) is 0 Å². The molecule has 0 aliphatic rings. The summed E-state index contributed by atoms with van der Waals surface area (Å²) in [5, 5.41) is 2.78. The van der Waals surface area contributed by atoms with Crippen LogP contribution in [0.5, 0.6) is 0 Å². The van der Waals surface area contributed by atoms with Crippen LogP contribution in [0.1, 0.15) is 40.1 Å². The normalized spacial score (nSPS) is 10.4. The predicted octanol–water partition coefficient (Wildman–Crippen LogP) is 4.40. The van der Waals surface area contributed by atoms with Gasteiger partial charge in [0.05, 0.1) is 5.56 Å². The Labute approximate surface area is 164 Å². The van der Waals surface area contributed by atoms with E-state index in [9.17, 15) is 9.59 Å². The Hall–Kier alpha value is -3.54. The Morgan fingerprint density at radius 3 is 2.25 bits per heavy atom. The summed E-state index contributed by atoms with van der Waals surface area (Å²) in [7, 11) is 0. The molecule has 1 heterocycles. The first-order valence-electron chi connectivity index (χ1n) is 9.06. The molecule has 1 amide bonds.